The second-order valence-corrected chi connectivity index (χ2v) is 19.7. The summed E-state index contributed by atoms with van der Waals surface area (Å²) in [6, 6.07) is -0.989. The number of unbranched alkanes of at least 4 members (excludes halogenated alkanes) is 18. The Morgan fingerprint density at radius 2 is 0.889 bits per heavy atom. The van der Waals surface area contributed by atoms with Crippen molar-refractivity contribution in [1.29, 1.82) is 0 Å². The topological polar surface area (TPSA) is 307 Å². The molecular formula is C53H95NO18. The molecule has 0 aliphatic carbocycles. The number of amides is 1. The Kier molecular flexibility index (Phi) is 33.7. The number of hydrogen-bond donors (Lipinski definition) is 12. The smallest absolute Gasteiger partial charge is 0.220 e. The zero-order valence-corrected chi connectivity index (χ0v) is 43.1. The molecule has 3 rings (SSSR count). The summed E-state index contributed by atoms with van der Waals surface area (Å²) in [5.41, 5.74) is 0. The van der Waals surface area contributed by atoms with E-state index < -0.39 is 124 Å². The maximum absolute atomic E-state index is 13.1. The highest BCUT2D eigenvalue weighted by molar-refractivity contribution is 5.76. The molecule has 0 saturated carbocycles. The molecule has 3 aliphatic rings. The average Bonchev–Trinajstić information content (AvgIpc) is 3.38. The number of allylic oxidation sites excluding steroid dienone is 5. The fraction of sp³-hybridized carbons (Fsp3) is 0.868. The van der Waals surface area contributed by atoms with Crippen molar-refractivity contribution in [2.75, 3.05) is 26.4 Å². The third-order valence-electron chi connectivity index (χ3n) is 13.7. The SMILES string of the molecule is CCCCCCCCCCCCC/C=C/CC/C=C/CC/C=C/C(O)C(COC1OC(CO)C(OC2OC(CO)C(OC3OC(CO)C(O)C(O)C3O)C(O)C2O)C(O)C1O)NC(=O)CCCCCCCC. The van der Waals surface area contributed by atoms with Crippen molar-refractivity contribution in [3.8, 4) is 0 Å². The van der Waals surface area contributed by atoms with Gasteiger partial charge in [0, 0.05) is 6.42 Å². The molecule has 17 atom stereocenters. The van der Waals surface area contributed by atoms with Crippen LogP contribution in [0.3, 0.4) is 0 Å². The number of carbonyl (C=O) groups excluding carboxylic acids is 1. The summed E-state index contributed by atoms with van der Waals surface area (Å²) in [6.07, 6.45) is 10.5. The van der Waals surface area contributed by atoms with Gasteiger partial charge in [0.1, 0.15) is 73.2 Å². The lowest BCUT2D eigenvalue weighted by atomic mass is 9.96. The Labute approximate surface area is 428 Å². The van der Waals surface area contributed by atoms with Crippen LogP contribution >= 0.6 is 0 Å². The second-order valence-electron chi connectivity index (χ2n) is 19.7. The normalized spacial score (nSPS) is 32.3. The van der Waals surface area contributed by atoms with Crippen LogP contribution in [-0.4, -0.2) is 193 Å². The van der Waals surface area contributed by atoms with Crippen molar-refractivity contribution in [1.82, 2.24) is 5.32 Å². The van der Waals surface area contributed by atoms with Crippen LogP contribution in [0.15, 0.2) is 36.5 Å². The van der Waals surface area contributed by atoms with Crippen LogP contribution in [0.2, 0.25) is 0 Å². The van der Waals surface area contributed by atoms with E-state index in [1.165, 1.54) is 70.6 Å². The van der Waals surface area contributed by atoms with E-state index in [1.54, 1.807) is 6.08 Å². The van der Waals surface area contributed by atoms with E-state index in [0.29, 0.717) is 12.8 Å². The van der Waals surface area contributed by atoms with Gasteiger partial charge in [-0.15, -0.1) is 0 Å². The van der Waals surface area contributed by atoms with E-state index in [0.717, 1.165) is 57.8 Å². The summed E-state index contributed by atoms with van der Waals surface area (Å²) < 4.78 is 34.0. The number of hydrogen-bond acceptors (Lipinski definition) is 18. The summed E-state index contributed by atoms with van der Waals surface area (Å²) in [7, 11) is 0. The van der Waals surface area contributed by atoms with Gasteiger partial charge in [-0.3, -0.25) is 4.79 Å². The van der Waals surface area contributed by atoms with Gasteiger partial charge in [-0.25, -0.2) is 0 Å². The Balaban J connectivity index is 1.50. The first-order valence-corrected chi connectivity index (χ1v) is 27.2. The first kappa shape index (κ1) is 64.3. The molecule has 420 valence electrons. The van der Waals surface area contributed by atoms with Crippen LogP contribution in [0, 0.1) is 0 Å². The Bertz CT molecular complexity index is 1470. The lowest BCUT2D eigenvalue weighted by Crippen LogP contribution is -2.66. The van der Waals surface area contributed by atoms with Gasteiger partial charge in [0.2, 0.25) is 5.91 Å². The molecule has 3 heterocycles. The number of aliphatic hydroxyl groups excluding tert-OH is 11. The van der Waals surface area contributed by atoms with Gasteiger partial charge in [0.25, 0.3) is 0 Å². The highest BCUT2D eigenvalue weighted by atomic mass is 16.8. The monoisotopic (exact) mass is 1030 g/mol. The largest absolute Gasteiger partial charge is 0.394 e. The van der Waals surface area contributed by atoms with E-state index in [2.05, 4.69) is 43.5 Å². The molecule has 3 fully saturated rings. The predicted molar refractivity (Wildman–Crippen MR) is 268 cm³/mol. The molecule has 19 nitrogen and oxygen atoms in total. The van der Waals surface area contributed by atoms with Crippen LogP contribution in [0.25, 0.3) is 0 Å². The summed E-state index contributed by atoms with van der Waals surface area (Å²) in [5.74, 6) is -0.301. The van der Waals surface area contributed by atoms with Gasteiger partial charge < -0.3 is 89.9 Å². The summed E-state index contributed by atoms with van der Waals surface area (Å²) in [5, 5.41) is 119. The molecule has 0 radical (unpaired) electrons. The number of nitrogens with one attached hydrogen (secondary N) is 1. The standard InChI is InChI=1S/C53H95NO18/c1-3-5-7-9-11-12-13-14-15-16-17-18-19-20-21-22-23-24-25-26-28-30-37(58)36(54-41(59)31-29-27-10-8-6-4-2)35-67-51-47(65)44(62)49(39(33-56)69-51)72-53-48(66)45(63)50(40(34-57)70-53)71-52-46(64)43(61)42(60)38(32-55)68-52/h19-20,23-24,28,30,36-40,42-53,55-58,60-66H,3-18,21-22,25-27,29,31-35H2,1-2H3,(H,54,59)/b20-19+,24-23+,30-28+. The number of rotatable bonds is 38. The Hall–Kier alpha value is -1.99. The van der Waals surface area contributed by atoms with Crippen LogP contribution in [0.5, 0.6) is 0 Å². The van der Waals surface area contributed by atoms with Crippen molar-refractivity contribution >= 4 is 5.91 Å². The quantitative estimate of drug-likeness (QED) is 0.0313. The maximum Gasteiger partial charge on any atom is 0.220 e. The van der Waals surface area contributed by atoms with Gasteiger partial charge in [-0.05, 0) is 44.9 Å². The first-order valence-electron chi connectivity index (χ1n) is 27.2. The Morgan fingerprint density at radius 3 is 1.39 bits per heavy atom. The van der Waals surface area contributed by atoms with E-state index in [4.69, 9.17) is 28.4 Å². The zero-order valence-electron chi connectivity index (χ0n) is 43.1. The van der Waals surface area contributed by atoms with E-state index in [9.17, 15) is 61.0 Å². The Morgan fingerprint density at radius 1 is 0.486 bits per heavy atom. The molecule has 3 aliphatic heterocycles. The summed E-state index contributed by atoms with van der Waals surface area (Å²) in [6.45, 7) is 1.59. The number of ether oxygens (including phenoxy) is 6. The summed E-state index contributed by atoms with van der Waals surface area (Å²) >= 11 is 0. The third-order valence-corrected chi connectivity index (χ3v) is 13.7. The molecule has 12 N–H and O–H groups in total. The highest BCUT2D eigenvalue weighted by Crippen LogP contribution is 2.33. The molecule has 19 heteroatoms. The van der Waals surface area contributed by atoms with Crippen LogP contribution in [0.4, 0.5) is 0 Å². The molecule has 0 bridgehead atoms. The minimum absolute atomic E-state index is 0.229. The molecule has 0 spiro atoms. The van der Waals surface area contributed by atoms with Gasteiger partial charge >= 0.3 is 0 Å². The molecule has 3 saturated heterocycles. The average molecular weight is 1030 g/mol. The van der Waals surface area contributed by atoms with Crippen molar-refractivity contribution in [3.63, 3.8) is 0 Å². The minimum atomic E-state index is -1.98. The molecule has 0 aromatic carbocycles. The van der Waals surface area contributed by atoms with Gasteiger partial charge in [0.05, 0.1) is 38.6 Å². The predicted octanol–water partition coefficient (Wildman–Crippen LogP) is 2.98. The maximum atomic E-state index is 13.1. The molecular weight excluding hydrogens is 939 g/mol. The molecule has 0 aromatic rings. The lowest BCUT2D eigenvalue weighted by molar-refractivity contribution is -0.379. The van der Waals surface area contributed by atoms with E-state index >= 15 is 0 Å². The first-order chi connectivity index (χ1) is 34.8. The van der Waals surface area contributed by atoms with Gasteiger partial charge in [-0.1, -0.05) is 147 Å². The molecule has 0 aromatic heterocycles. The molecule has 1 amide bonds. The summed E-state index contributed by atoms with van der Waals surface area (Å²) in [4.78, 5) is 13.1. The fourth-order valence-corrected chi connectivity index (χ4v) is 9.10. The van der Waals surface area contributed by atoms with Crippen molar-refractivity contribution in [2.45, 2.75) is 266 Å². The van der Waals surface area contributed by atoms with E-state index in [-0.39, 0.29) is 18.9 Å². The van der Waals surface area contributed by atoms with Crippen LogP contribution in [-0.2, 0) is 33.2 Å². The fourth-order valence-electron chi connectivity index (χ4n) is 9.10. The van der Waals surface area contributed by atoms with Crippen molar-refractivity contribution in [2.24, 2.45) is 0 Å². The van der Waals surface area contributed by atoms with Crippen molar-refractivity contribution < 1.29 is 89.4 Å². The van der Waals surface area contributed by atoms with Crippen molar-refractivity contribution in [3.05, 3.63) is 36.5 Å². The van der Waals surface area contributed by atoms with Gasteiger partial charge in [-0.2, -0.15) is 0 Å². The number of carbonyl (C=O) groups is 1. The number of aliphatic hydroxyl groups is 11. The molecule has 72 heavy (non-hydrogen) atoms. The minimum Gasteiger partial charge on any atom is -0.394 e. The van der Waals surface area contributed by atoms with E-state index in [1.807, 2.05) is 6.08 Å². The van der Waals surface area contributed by atoms with Crippen LogP contribution in [0.1, 0.15) is 162 Å². The van der Waals surface area contributed by atoms with Gasteiger partial charge in [0.15, 0.2) is 18.9 Å². The zero-order chi connectivity index (χ0) is 52.7. The third kappa shape index (κ3) is 22.7. The lowest BCUT2D eigenvalue weighted by Gasteiger charge is -2.48. The van der Waals surface area contributed by atoms with Crippen LogP contribution < -0.4 is 5.32 Å². The molecule has 17 unspecified atom stereocenters. The second kappa shape index (κ2) is 37.7. The highest BCUT2D eigenvalue weighted by Gasteiger charge is 2.53.